The number of carbonyl (C=O) groups is 2. The van der Waals surface area contributed by atoms with Gasteiger partial charge < -0.3 is 14.7 Å². The number of hydrogen-bond acceptors (Lipinski definition) is 3. The normalized spacial score (nSPS) is 10.1. The fourth-order valence-electron chi connectivity index (χ4n) is 1.56. The number of nitrogens with zero attached hydrogens (tertiary/aromatic N) is 1. The Kier molecular flexibility index (Phi) is 5.29. The zero-order valence-corrected chi connectivity index (χ0v) is 10.9. The fraction of sp³-hybridized carbons (Fsp3) is 0.385. The Hall–Kier alpha value is -2.11. The van der Waals surface area contributed by atoms with Crippen molar-refractivity contribution in [2.45, 2.75) is 13.8 Å². The van der Waals surface area contributed by atoms with Crippen LogP contribution in [-0.2, 0) is 4.79 Å². The van der Waals surface area contributed by atoms with Gasteiger partial charge in [-0.3, -0.25) is 4.79 Å². The molecule has 0 atom stereocenters. The zero-order chi connectivity index (χ0) is 14.4. The summed E-state index contributed by atoms with van der Waals surface area (Å²) in [5.41, 5.74) is -0.167. The Morgan fingerprint density at radius 2 is 1.95 bits per heavy atom. The predicted octanol–water partition coefficient (Wildman–Crippen LogP) is 1.77. The molecule has 0 aromatic heterocycles. The first-order chi connectivity index (χ1) is 8.99. The van der Waals surface area contributed by atoms with E-state index < -0.39 is 11.8 Å². The van der Waals surface area contributed by atoms with E-state index in [9.17, 15) is 14.0 Å². The van der Waals surface area contributed by atoms with Crippen LogP contribution in [0.4, 0.5) is 4.39 Å². The van der Waals surface area contributed by atoms with Crippen molar-refractivity contribution in [1.82, 2.24) is 4.90 Å². The van der Waals surface area contributed by atoms with Gasteiger partial charge in [-0.05, 0) is 32.0 Å². The molecule has 1 amide bonds. The van der Waals surface area contributed by atoms with Gasteiger partial charge >= 0.3 is 5.97 Å². The number of likely N-dealkylation sites (N-methyl/N-ethyl adjacent to an activating group) is 1. The summed E-state index contributed by atoms with van der Waals surface area (Å²) < 4.78 is 18.6. The number of hydrogen-bond donors (Lipinski definition) is 1. The fourth-order valence-corrected chi connectivity index (χ4v) is 1.56. The van der Waals surface area contributed by atoms with E-state index >= 15 is 0 Å². The largest absolute Gasteiger partial charge is 0.481 e. The van der Waals surface area contributed by atoms with Crippen molar-refractivity contribution < 1.29 is 23.8 Å². The zero-order valence-electron chi connectivity index (χ0n) is 10.9. The van der Waals surface area contributed by atoms with Gasteiger partial charge in [-0.2, -0.15) is 0 Å². The van der Waals surface area contributed by atoms with Gasteiger partial charge in [-0.25, -0.2) is 9.18 Å². The van der Waals surface area contributed by atoms with E-state index in [0.717, 1.165) is 6.07 Å². The molecular formula is C13H16FNO4. The second-order valence-corrected chi connectivity index (χ2v) is 3.81. The molecule has 0 aliphatic rings. The number of carbonyl (C=O) groups excluding carboxylic acids is 1. The molecule has 5 nitrogen and oxygen atoms in total. The topological polar surface area (TPSA) is 66.8 Å². The number of benzene rings is 1. The molecule has 0 fully saturated rings. The first-order valence-electron chi connectivity index (χ1n) is 5.93. The van der Waals surface area contributed by atoms with Crippen molar-refractivity contribution in [3.63, 3.8) is 0 Å². The highest BCUT2D eigenvalue weighted by Gasteiger charge is 2.13. The molecular weight excluding hydrogens is 253 g/mol. The third-order valence-electron chi connectivity index (χ3n) is 2.65. The average molecular weight is 269 g/mol. The molecule has 0 spiro atoms. The summed E-state index contributed by atoms with van der Waals surface area (Å²) in [5, 5.41) is 8.69. The summed E-state index contributed by atoms with van der Waals surface area (Å²) in [5.74, 6) is -2.39. The van der Waals surface area contributed by atoms with Crippen LogP contribution in [-0.4, -0.2) is 41.6 Å². The Labute approximate surface area is 110 Å². The maximum Gasteiger partial charge on any atom is 0.335 e. The number of ether oxygens (including phenoxy) is 1. The van der Waals surface area contributed by atoms with Crippen molar-refractivity contribution in [2.24, 2.45) is 0 Å². The van der Waals surface area contributed by atoms with Crippen molar-refractivity contribution in [2.75, 3.05) is 19.7 Å². The minimum atomic E-state index is -1.22. The van der Waals surface area contributed by atoms with Gasteiger partial charge in [-0.15, -0.1) is 0 Å². The molecule has 6 heteroatoms. The smallest absolute Gasteiger partial charge is 0.335 e. The predicted molar refractivity (Wildman–Crippen MR) is 66.8 cm³/mol. The van der Waals surface area contributed by atoms with Crippen molar-refractivity contribution in [3.8, 4) is 5.75 Å². The van der Waals surface area contributed by atoms with Crippen molar-refractivity contribution >= 4 is 11.9 Å². The van der Waals surface area contributed by atoms with Crippen LogP contribution >= 0.6 is 0 Å². The number of aromatic carboxylic acids is 1. The van der Waals surface area contributed by atoms with Crippen LogP contribution in [0.1, 0.15) is 24.2 Å². The molecule has 0 radical (unpaired) electrons. The van der Waals surface area contributed by atoms with E-state index in [2.05, 4.69) is 0 Å². The SMILES string of the molecule is CCN(CC)C(=O)COc1ccc(C(=O)O)cc1F. The first kappa shape index (κ1) is 14.9. The van der Waals surface area contributed by atoms with Gasteiger partial charge in [0.1, 0.15) is 0 Å². The van der Waals surface area contributed by atoms with Crippen LogP contribution in [0.15, 0.2) is 18.2 Å². The number of carboxylic acid groups (broad SMARTS) is 1. The molecule has 0 saturated carbocycles. The highest BCUT2D eigenvalue weighted by Crippen LogP contribution is 2.18. The number of amides is 1. The van der Waals surface area contributed by atoms with E-state index in [-0.39, 0.29) is 23.8 Å². The van der Waals surface area contributed by atoms with E-state index in [1.807, 2.05) is 13.8 Å². The van der Waals surface area contributed by atoms with E-state index in [0.29, 0.717) is 13.1 Å². The van der Waals surface area contributed by atoms with Gasteiger partial charge in [0, 0.05) is 13.1 Å². The molecule has 19 heavy (non-hydrogen) atoms. The van der Waals surface area contributed by atoms with E-state index in [4.69, 9.17) is 9.84 Å². The van der Waals surface area contributed by atoms with Crippen LogP contribution in [0, 0.1) is 5.82 Å². The lowest BCUT2D eigenvalue weighted by molar-refractivity contribution is -0.133. The lowest BCUT2D eigenvalue weighted by atomic mass is 10.2. The molecule has 0 bridgehead atoms. The second-order valence-electron chi connectivity index (χ2n) is 3.81. The van der Waals surface area contributed by atoms with Crippen LogP contribution < -0.4 is 4.74 Å². The highest BCUT2D eigenvalue weighted by atomic mass is 19.1. The monoisotopic (exact) mass is 269 g/mol. The number of halogens is 1. The molecule has 1 rings (SSSR count). The quantitative estimate of drug-likeness (QED) is 0.854. The Balaban J connectivity index is 2.68. The average Bonchev–Trinajstić information content (AvgIpc) is 2.38. The lowest BCUT2D eigenvalue weighted by Gasteiger charge is -2.18. The van der Waals surface area contributed by atoms with Crippen LogP contribution in [0.5, 0.6) is 5.75 Å². The minimum Gasteiger partial charge on any atom is -0.481 e. The number of carboxylic acids is 1. The second kappa shape index (κ2) is 6.72. The maximum atomic E-state index is 13.5. The summed E-state index contributed by atoms with van der Waals surface area (Å²) in [6.07, 6.45) is 0. The molecule has 104 valence electrons. The van der Waals surface area contributed by atoms with Crippen molar-refractivity contribution in [1.29, 1.82) is 0 Å². The van der Waals surface area contributed by atoms with Crippen LogP contribution in [0.25, 0.3) is 0 Å². The Morgan fingerprint density at radius 3 is 2.42 bits per heavy atom. The molecule has 0 aliphatic carbocycles. The Bertz CT molecular complexity index is 472. The van der Waals surface area contributed by atoms with Gasteiger partial charge in [0.2, 0.25) is 0 Å². The molecule has 0 saturated heterocycles. The van der Waals surface area contributed by atoms with E-state index in [1.54, 1.807) is 4.90 Å². The maximum absolute atomic E-state index is 13.5. The van der Waals surface area contributed by atoms with Crippen molar-refractivity contribution in [3.05, 3.63) is 29.6 Å². The van der Waals surface area contributed by atoms with Crippen LogP contribution in [0.3, 0.4) is 0 Å². The van der Waals surface area contributed by atoms with Gasteiger partial charge in [0.05, 0.1) is 5.56 Å². The summed E-state index contributed by atoms with van der Waals surface area (Å²) in [7, 11) is 0. The third kappa shape index (κ3) is 3.94. The highest BCUT2D eigenvalue weighted by molar-refractivity contribution is 5.87. The molecule has 1 aromatic rings. The summed E-state index contributed by atoms with van der Waals surface area (Å²) in [4.78, 5) is 23.8. The van der Waals surface area contributed by atoms with Gasteiger partial charge in [0.15, 0.2) is 18.2 Å². The summed E-state index contributed by atoms with van der Waals surface area (Å²) >= 11 is 0. The van der Waals surface area contributed by atoms with E-state index in [1.165, 1.54) is 12.1 Å². The lowest BCUT2D eigenvalue weighted by Crippen LogP contribution is -2.34. The molecule has 1 aromatic carbocycles. The molecule has 1 N–H and O–H groups in total. The Morgan fingerprint density at radius 1 is 1.32 bits per heavy atom. The molecule has 0 heterocycles. The summed E-state index contributed by atoms with van der Waals surface area (Å²) in [6, 6.07) is 3.29. The van der Waals surface area contributed by atoms with Gasteiger partial charge in [0.25, 0.3) is 5.91 Å². The standard InChI is InChI=1S/C13H16FNO4/c1-3-15(4-2)12(16)8-19-11-6-5-9(13(17)18)7-10(11)14/h5-7H,3-4,8H2,1-2H3,(H,17,18). The minimum absolute atomic E-state index is 0.134. The molecule has 0 aliphatic heterocycles. The number of rotatable bonds is 6. The third-order valence-corrected chi connectivity index (χ3v) is 2.65. The molecule has 0 unspecified atom stereocenters. The summed E-state index contributed by atoms with van der Waals surface area (Å²) in [6.45, 7) is 4.51. The van der Waals surface area contributed by atoms with Crippen LogP contribution in [0.2, 0.25) is 0 Å². The van der Waals surface area contributed by atoms with Gasteiger partial charge in [-0.1, -0.05) is 0 Å². The first-order valence-corrected chi connectivity index (χ1v) is 5.93.